The predicted molar refractivity (Wildman–Crippen MR) is 173 cm³/mol. The van der Waals surface area contributed by atoms with E-state index in [2.05, 4.69) is 15.2 Å². The fraction of sp³-hybridized carbons (Fsp3) is 0.375. The zero-order valence-corrected chi connectivity index (χ0v) is 27.1. The van der Waals surface area contributed by atoms with Crippen molar-refractivity contribution in [3.05, 3.63) is 80.1 Å². The summed E-state index contributed by atoms with van der Waals surface area (Å²) in [4.78, 5) is 34.0. The highest BCUT2D eigenvalue weighted by molar-refractivity contribution is 7.90. The van der Waals surface area contributed by atoms with Crippen LogP contribution in [0.25, 0.3) is 11.6 Å². The van der Waals surface area contributed by atoms with Crippen molar-refractivity contribution in [2.75, 3.05) is 51.3 Å². The molecule has 0 radical (unpaired) electrons. The highest BCUT2D eigenvalue weighted by Gasteiger charge is 2.31. The molecule has 3 aliphatic rings. The number of carbonyl (C=O) groups excluding carboxylic acids is 2. The standard InChI is InChI=1S/C32H34Cl2N4O6S/c1-19-29(35-28-6-3-9-38(32(41)30(19)28)17-20(39)16-37-10-12-44-13-11-37)15-23-22-14-21(7-8-27(22)36-31(23)40)45(42,43)18-24-25(33)4-2-5-26(24)34/h2,4-5,7-8,14-15,20,35,39H,3,6,9-13,16-18H2,1H3,(H,36,40)/t20-/m1/s1. The number of H-pyrrole nitrogens is 1. The van der Waals surface area contributed by atoms with Gasteiger partial charge in [-0.05, 0) is 61.7 Å². The molecule has 3 N–H and O–H groups in total. The van der Waals surface area contributed by atoms with Gasteiger partial charge in [-0.25, -0.2) is 8.42 Å². The minimum Gasteiger partial charge on any atom is -0.390 e. The first kappa shape index (κ1) is 31.8. The molecule has 3 aromatic rings. The Morgan fingerprint density at radius 2 is 1.80 bits per heavy atom. The molecule has 6 rings (SSSR count). The number of aryl methyl sites for hydroxylation is 1. The van der Waals surface area contributed by atoms with Gasteiger partial charge in [0.2, 0.25) is 0 Å². The van der Waals surface area contributed by atoms with Crippen molar-refractivity contribution in [1.29, 1.82) is 0 Å². The van der Waals surface area contributed by atoms with Crippen molar-refractivity contribution in [3.8, 4) is 0 Å². The van der Waals surface area contributed by atoms with E-state index in [9.17, 15) is 23.1 Å². The van der Waals surface area contributed by atoms with E-state index in [1.807, 2.05) is 6.92 Å². The molecule has 0 unspecified atom stereocenters. The van der Waals surface area contributed by atoms with Crippen molar-refractivity contribution < 1.29 is 27.9 Å². The Morgan fingerprint density at radius 3 is 2.53 bits per heavy atom. The molecule has 4 heterocycles. The summed E-state index contributed by atoms with van der Waals surface area (Å²) in [5, 5.41) is 14.1. The van der Waals surface area contributed by atoms with Gasteiger partial charge in [-0.1, -0.05) is 29.3 Å². The van der Waals surface area contributed by atoms with Gasteiger partial charge in [0.1, 0.15) is 0 Å². The lowest BCUT2D eigenvalue weighted by atomic mass is 10.0. The van der Waals surface area contributed by atoms with Gasteiger partial charge in [0.05, 0.1) is 41.1 Å². The quantitative estimate of drug-likeness (QED) is 0.306. The van der Waals surface area contributed by atoms with Crippen molar-refractivity contribution >= 4 is 62.2 Å². The van der Waals surface area contributed by atoms with E-state index in [4.69, 9.17) is 27.9 Å². The Morgan fingerprint density at radius 1 is 1.07 bits per heavy atom. The summed E-state index contributed by atoms with van der Waals surface area (Å²) in [5.41, 5.74) is 4.13. The number of fused-ring (bicyclic) bond motifs is 2. The van der Waals surface area contributed by atoms with Gasteiger partial charge in [0.15, 0.2) is 9.84 Å². The van der Waals surface area contributed by atoms with Gasteiger partial charge >= 0.3 is 0 Å². The number of aromatic amines is 1. The number of halogens is 2. The van der Waals surface area contributed by atoms with Crippen LogP contribution < -0.4 is 5.32 Å². The van der Waals surface area contributed by atoms with Crippen LogP contribution in [0.15, 0.2) is 41.3 Å². The Hall–Kier alpha value is -3.19. The van der Waals surface area contributed by atoms with Crippen molar-refractivity contribution in [1.82, 2.24) is 14.8 Å². The molecule has 45 heavy (non-hydrogen) atoms. The van der Waals surface area contributed by atoms with E-state index in [-0.39, 0.29) is 38.9 Å². The van der Waals surface area contributed by atoms with E-state index >= 15 is 0 Å². The molecule has 3 aliphatic heterocycles. The molecule has 2 aromatic carbocycles. The minimum absolute atomic E-state index is 0.0279. The van der Waals surface area contributed by atoms with E-state index in [0.717, 1.165) is 25.2 Å². The SMILES string of the molecule is Cc1c(C=C2C(=O)Nc3ccc(S(=O)(=O)Cc4c(Cl)cccc4Cl)cc32)[nH]c2c1C(=O)N(C[C@H](O)CN1CCOCC1)CCC2. The Bertz CT molecular complexity index is 1780. The number of aliphatic hydroxyl groups excluding tert-OH is 1. The maximum absolute atomic E-state index is 13.7. The number of morpholine rings is 1. The second-order valence-corrected chi connectivity index (χ2v) is 14.4. The first-order valence-corrected chi connectivity index (χ1v) is 17.2. The maximum Gasteiger partial charge on any atom is 0.256 e. The Balaban J connectivity index is 1.26. The molecule has 0 saturated carbocycles. The summed E-state index contributed by atoms with van der Waals surface area (Å²) in [7, 11) is -3.86. The van der Waals surface area contributed by atoms with E-state index in [1.54, 1.807) is 35.2 Å². The number of β-amino-alcohol motifs (C(OH)–C–C–N with tert-alkyl or cyclic N) is 1. The average Bonchev–Trinajstić information content (AvgIpc) is 3.43. The van der Waals surface area contributed by atoms with Gasteiger partial charge in [0.25, 0.3) is 11.8 Å². The topological polar surface area (TPSA) is 132 Å². The van der Waals surface area contributed by atoms with Gasteiger partial charge in [-0.2, -0.15) is 0 Å². The van der Waals surface area contributed by atoms with Crippen LogP contribution in [0.1, 0.15) is 44.9 Å². The van der Waals surface area contributed by atoms with E-state index in [0.29, 0.717) is 66.4 Å². The molecule has 238 valence electrons. The average molecular weight is 674 g/mol. The van der Waals surface area contributed by atoms with Crippen LogP contribution in [0, 0.1) is 6.92 Å². The summed E-state index contributed by atoms with van der Waals surface area (Å²) in [5.74, 6) is -0.936. The smallest absolute Gasteiger partial charge is 0.256 e. The monoisotopic (exact) mass is 672 g/mol. The van der Waals surface area contributed by atoms with Crippen LogP contribution in [0.4, 0.5) is 5.69 Å². The number of anilines is 1. The predicted octanol–water partition coefficient (Wildman–Crippen LogP) is 4.18. The number of amides is 2. The third kappa shape index (κ3) is 6.56. The molecule has 0 spiro atoms. The summed E-state index contributed by atoms with van der Waals surface area (Å²) in [6, 6.07) is 9.31. The van der Waals surface area contributed by atoms with Gasteiger partial charge < -0.3 is 25.0 Å². The second kappa shape index (κ2) is 12.9. The molecule has 1 aromatic heterocycles. The van der Waals surface area contributed by atoms with Crippen LogP contribution in [-0.4, -0.2) is 92.2 Å². The van der Waals surface area contributed by atoms with Crippen LogP contribution in [0.2, 0.25) is 10.0 Å². The lowest BCUT2D eigenvalue weighted by Crippen LogP contribution is -2.46. The fourth-order valence-corrected chi connectivity index (χ4v) is 8.29. The number of sulfone groups is 1. The van der Waals surface area contributed by atoms with Crippen molar-refractivity contribution in [2.24, 2.45) is 0 Å². The number of nitrogens with one attached hydrogen (secondary N) is 2. The van der Waals surface area contributed by atoms with Crippen molar-refractivity contribution in [3.63, 3.8) is 0 Å². The molecule has 10 nitrogen and oxygen atoms in total. The third-order valence-corrected chi connectivity index (χ3v) is 10.9. The first-order chi connectivity index (χ1) is 21.5. The molecular formula is C32H34Cl2N4O6S. The first-order valence-electron chi connectivity index (χ1n) is 14.8. The molecule has 1 saturated heterocycles. The van der Waals surface area contributed by atoms with Crippen LogP contribution in [0.5, 0.6) is 0 Å². The number of nitrogens with zero attached hydrogens (tertiary/aromatic N) is 2. The van der Waals surface area contributed by atoms with Gasteiger partial charge in [-0.15, -0.1) is 0 Å². The van der Waals surface area contributed by atoms with Crippen LogP contribution >= 0.6 is 23.2 Å². The largest absolute Gasteiger partial charge is 0.390 e. The molecule has 2 amide bonds. The highest BCUT2D eigenvalue weighted by atomic mass is 35.5. The number of aliphatic hydroxyl groups is 1. The number of aromatic nitrogens is 1. The number of ether oxygens (including phenoxy) is 1. The van der Waals surface area contributed by atoms with Crippen LogP contribution in [0.3, 0.4) is 0 Å². The molecule has 13 heteroatoms. The normalized spacial score (nSPS) is 18.9. The second-order valence-electron chi connectivity index (χ2n) is 11.6. The summed E-state index contributed by atoms with van der Waals surface area (Å²) in [6.07, 6.45) is 2.33. The molecule has 1 fully saturated rings. The highest BCUT2D eigenvalue weighted by Crippen LogP contribution is 2.37. The van der Waals surface area contributed by atoms with E-state index in [1.165, 1.54) is 12.1 Å². The third-order valence-electron chi connectivity index (χ3n) is 8.54. The Kier molecular flexibility index (Phi) is 9.11. The fourth-order valence-electron chi connectivity index (χ4n) is 6.17. The lowest BCUT2D eigenvalue weighted by molar-refractivity contribution is -0.110. The lowest BCUT2D eigenvalue weighted by Gasteiger charge is -2.31. The Labute approximate surface area is 271 Å². The van der Waals surface area contributed by atoms with Gasteiger partial charge in [-0.3, -0.25) is 14.5 Å². The number of rotatable bonds is 8. The van der Waals surface area contributed by atoms with Gasteiger partial charge in [0, 0.05) is 71.0 Å². The summed E-state index contributed by atoms with van der Waals surface area (Å²) >= 11 is 12.5. The molecule has 1 atom stereocenters. The molecular weight excluding hydrogens is 639 g/mol. The molecule has 0 aliphatic carbocycles. The van der Waals surface area contributed by atoms with Crippen LogP contribution in [-0.2, 0) is 31.5 Å². The summed E-state index contributed by atoms with van der Waals surface area (Å²) < 4.78 is 32.2. The minimum atomic E-state index is -3.86. The van der Waals surface area contributed by atoms with Crippen molar-refractivity contribution in [2.45, 2.75) is 36.5 Å². The maximum atomic E-state index is 13.7. The van der Waals surface area contributed by atoms with E-state index < -0.39 is 21.7 Å². The number of carbonyl (C=O) groups is 2. The summed E-state index contributed by atoms with van der Waals surface area (Å²) in [6.45, 7) is 5.84. The molecule has 0 bridgehead atoms. The zero-order chi connectivity index (χ0) is 31.9. The number of hydrogen-bond acceptors (Lipinski definition) is 7. The zero-order valence-electron chi connectivity index (χ0n) is 24.7. The number of hydrogen-bond donors (Lipinski definition) is 3. The number of benzene rings is 2.